The normalized spacial score (nSPS) is 42.4. The number of nitrogens with zero attached hydrogens (tertiary/aromatic N) is 1. The molecule has 2 saturated heterocycles. The third-order valence-electron chi connectivity index (χ3n) is 7.02. The zero-order valence-corrected chi connectivity index (χ0v) is 15.0. The Labute approximate surface area is 140 Å². The van der Waals surface area contributed by atoms with Crippen LogP contribution in [-0.2, 0) is 14.6 Å². The highest BCUT2D eigenvalue weighted by Crippen LogP contribution is 2.56. The third kappa shape index (κ3) is 2.49. The molecule has 132 valence electrons. The average Bonchev–Trinajstić information content (AvgIpc) is 2.78. The van der Waals surface area contributed by atoms with Crippen molar-refractivity contribution in [3.63, 3.8) is 0 Å². The summed E-state index contributed by atoms with van der Waals surface area (Å²) in [6.45, 7) is 3.39. The number of hydrogen-bond donors (Lipinski definition) is 0. The molecule has 0 amide bonds. The van der Waals surface area contributed by atoms with Gasteiger partial charge in [0, 0.05) is 13.1 Å². The lowest BCUT2D eigenvalue weighted by molar-refractivity contribution is -0.0477. The number of sulfone groups is 1. The van der Waals surface area contributed by atoms with E-state index in [0.717, 1.165) is 58.4 Å². The Morgan fingerprint density at radius 3 is 2.26 bits per heavy atom. The van der Waals surface area contributed by atoms with Gasteiger partial charge in [-0.15, -0.1) is 0 Å². The Kier molecular flexibility index (Phi) is 4.48. The number of ether oxygens (including phenoxy) is 1. The molecule has 4 aliphatic rings. The minimum absolute atomic E-state index is 0.0544. The van der Waals surface area contributed by atoms with Crippen LogP contribution in [0.15, 0.2) is 0 Å². The first-order chi connectivity index (χ1) is 11.2. The summed E-state index contributed by atoms with van der Waals surface area (Å²) in [5.41, 5.74) is -0.0544. The van der Waals surface area contributed by atoms with Crippen LogP contribution in [-0.4, -0.2) is 55.7 Å². The van der Waals surface area contributed by atoms with Crippen molar-refractivity contribution in [1.29, 1.82) is 0 Å². The molecule has 0 spiro atoms. The minimum atomic E-state index is -2.94. The summed E-state index contributed by atoms with van der Waals surface area (Å²) >= 11 is 0. The molecule has 2 aliphatic carbocycles. The molecule has 2 saturated carbocycles. The van der Waals surface area contributed by atoms with Crippen LogP contribution in [0.5, 0.6) is 0 Å². The molecule has 3 atom stereocenters. The molecule has 0 aromatic carbocycles. The molecular formula is C18H31NO3S. The molecule has 0 unspecified atom stereocenters. The van der Waals surface area contributed by atoms with E-state index in [1.54, 1.807) is 0 Å². The summed E-state index contributed by atoms with van der Waals surface area (Å²) in [5.74, 6) is 0.408. The van der Waals surface area contributed by atoms with Gasteiger partial charge in [0.05, 0.1) is 29.3 Å². The lowest BCUT2D eigenvalue weighted by atomic mass is 9.73. The monoisotopic (exact) mass is 341 g/mol. The van der Waals surface area contributed by atoms with Crippen molar-refractivity contribution in [2.24, 2.45) is 5.92 Å². The van der Waals surface area contributed by atoms with Crippen LogP contribution < -0.4 is 0 Å². The van der Waals surface area contributed by atoms with Gasteiger partial charge in [-0.05, 0) is 31.6 Å². The molecule has 23 heavy (non-hydrogen) atoms. The van der Waals surface area contributed by atoms with Gasteiger partial charge < -0.3 is 4.74 Å². The van der Waals surface area contributed by atoms with Crippen molar-refractivity contribution in [1.82, 2.24) is 4.90 Å². The molecule has 0 N–H and O–H groups in total. The zero-order valence-electron chi connectivity index (χ0n) is 14.2. The lowest BCUT2D eigenvalue weighted by Crippen LogP contribution is -2.79. The quantitative estimate of drug-likeness (QED) is 0.775. The van der Waals surface area contributed by atoms with Crippen molar-refractivity contribution in [2.45, 2.75) is 80.2 Å². The summed E-state index contributed by atoms with van der Waals surface area (Å²) in [6.07, 6.45) is 11.5. The predicted octanol–water partition coefficient (Wildman–Crippen LogP) is 2.77. The maximum absolute atomic E-state index is 13.2. The smallest absolute Gasteiger partial charge is 0.160 e. The van der Waals surface area contributed by atoms with E-state index in [2.05, 4.69) is 4.90 Å². The van der Waals surface area contributed by atoms with Gasteiger partial charge in [0.25, 0.3) is 0 Å². The highest BCUT2D eigenvalue weighted by Gasteiger charge is 2.69. The molecule has 4 nitrogen and oxygen atoms in total. The van der Waals surface area contributed by atoms with Crippen molar-refractivity contribution < 1.29 is 13.2 Å². The maximum Gasteiger partial charge on any atom is 0.160 e. The number of morpholine rings is 1. The number of rotatable bonds is 2. The summed E-state index contributed by atoms with van der Waals surface area (Å²) in [6, 6.07) is 0. The zero-order chi connectivity index (χ0) is 15.9. The van der Waals surface area contributed by atoms with E-state index in [-0.39, 0.29) is 16.0 Å². The van der Waals surface area contributed by atoms with Gasteiger partial charge in [0.15, 0.2) is 9.84 Å². The highest BCUT2D eigenvalue weighted by atomic mass is 32.2. The van der Waals surface area contributed by atoms with Crippen molar-refractivity contribution in [2.75, 3.05) is 26.3 Å². The molecule has 4 rings (SSSR count). The molecule has 0 aromatic rings. The lowest BCUT2D eigenvalue weighted by Gasteiger charge is -2.63. The van der Waals surface area contributed by atoms with Gasteiger partial charge in [-0.25, -0.2) is 8.42 Å². The molecule has 4 fully saturated rings. The Morgan fingerprint density at radius 2 is 1.52 bits per heavy atom. The molecule has 2 heterocycles. The average molecular weight is 342 g/mol. The van der Waals surface area contributed by atoms with E-state index >= 15 is 0 Å². The summed E-state index contributed by atoms with van der Waals surface area (Å²) < 4.78 is 32.0. The molecule has 0 aromatic heterocycles. The minimum Gasteiger partial charge on any atom is -0.379 e. The topological polar surface area (TPSA) is 46.6 Å². The van der Waals surface area contributed by atoms with E-state index in [1.807, 2.05) is 0 Å². The van der Waals surface area contributed by atoms with E-state index in [0.29, 0.717) is 5.92 Å². The summed E-state index contributed by atoms with van der Waals surface area (Å²) in [4.78, 5) is 2.55. The Morgan fingerprint density at radius 1 is 0.870 bits per heavy atom. The van der Waals surface area contributed by atoms with Crippen LogP contribution in [0, 0.1) is 5.92 Å². The Bertz CT molecular complexity index is 522. The molecular weight excluding hydrogens is 310 g/mol. The fourth-order valence-corrected chi connectivity index (χ4v) is 9.54. The van der Waals surface area contributed by atoms with E-state index in [4.69, 9.17) is 4.74 Å². The largest absolute Gasteiger partial charge is 0.379 e. The summed E-state index contributed by atoms with van der Waals surface area (Å²) in [7, 11) is -2.94. The van der Waals surface area contributed by atoms with Crippen LogP contribution in [0.1, 0.15) is 64.2 Å². The second-order valence-corrected chi connectivity index (χ2v) is 10.3. The van der Waals surface area contributed by atoms with Crippen LogP contribution >= 0.6 is 0 Å². The molecule has 0 bridgehead atoms. The van der Waals surface area contributed by atoms with Crippen LogP contribution in [0.3, 0.4) is 0 Å². The predicted molar refractivity (Wildman–Crippen MR) is 91.3 cm³/mol. The first-order valence-corrected chi connectivity index (χ1v) is 11.3. The fraction of sp³-hybridized carbons (Fsp3) is 1.00. The first kappa shape index (κ1) is 16.3. The van der Waals surface area contributed by atoms with Crippen LogP contribution in [0.4, 0.5) is 0 Å². The maximum atomic E-state index is 13.2. The van der Waals surface area contributed by atoms with Crippen molar-refractivity contribution >= 4 is 9.84 Å². The second-order valence-electron chi connectivity index (χ2n) is 8.09. The van der Waals surface area contributed by atoms with Gasteiger partial charge in [-0.2, -0.15) is 0 Å². The molecule has 2 aliphatic heterocycles. The SMILES string of the molecule is O=S1(=O)[C@H](C2CCCCC2)[C@@]2(N3CCOCC3)CCCCC[C@@H]21. The van der Waals surface area contributed by atoms with Gasteiger partial charge in [0.1, 0.15) is 0 Å². The number of hydrogen-bond acceptors (Lipinski definition) is 4. The van der Waals surface area contributed by atoms with Gasteiger partial charge in [-0.1, -0.05) is 38.5 Å². The van der Waals surface area contributed by atoms with E-state index in [1.165, 1.54) is 32.1 Å². The Hall–Kier alpha value is -0.130. The first-order valence-electron chi connectivity index (χ1n) is 9.73. The standard InChI is InChI=1S/C18H31NO3S/c20-23(21)16-9-5-2-6-10-18(16,19-11-13-22-14-12-19)17(23)15-7-3-1-4-8-15/h15-17H,1-14H2/t16-,17+,18+/m0/s1. The van der Waals surface area contributed by atoms with E-state index in [9.17, 15) is 8.42 Å². The van der Waals surface area contributed by atoms with Gasteiger partial charge in [0.2, 0.25) is 0 Å². The van der Waals surface area contributed by atoms with Gasteiger partial charge in [-0.3, -0.25) is 4.90 Å². The highest BCUT2D eigenvalue weighted by molar-refractivity contribution is 7.94. The number of fused-ring (bicyclic) bond motifs is 1. The molecule has 0 radical (unpaired) electrons. The van der Waals surface area contributed by atoms with Crippen LogP contribution in [0.2, 0.25) is 0 Å². The summed E-state index contributed by atoms with van der Waals surface area (Å²) in [5, 5.41) is -0.181. The fourth-order valence-electron chi connectivity index (χ4n) is 6.12. The molecule has 5 heteroatoms. The Balaban J connectivity index is 1.71. The van der Waals surface area contributed by atoms with Crippen molar-refractivity contribution in [3.05, 3.63) is 0 Å². The van der Waals surface area contributed by atoms with Crippen molar-refractivity contribution in [3.8, 4) is 0 Å². The third-order valence-corrected chi connectivity index (χ3v) is 9.96. The van der Waals surface area contributed by atoms with E-state index < -0.39 is 9.84 Å². The van der Waals surface area contributed by atoms with Gasteiger partial charge >= 0.3 is 0 Å². The second kappa shape index (κ2) is 6.30. The van der Waals surface area contributed by atoms with Crippen LogP contribution in [0.25, 0.3) is 0 Å².